The van der Waals surface area contributed by atoms with E-state index >= 15 is 0 Å². The van der Waals surface area contributed by atoms with Crippen molar-refractivity contribution in [3.05, 3.63) is 0 Å². The van der Waals surface area contributed by atoms with Crippen molar-refractivity contribution >= 4 is 11.9 Å². The summed E-state index contributed by atoms with van der Waals surface area (Å²) in [5.41, 5.74) is 2.77. The van der Waals surface area contributed by atoms with Gasteiger partial charge in [0.1, 0.15) is 0 Å². The number of hydrazone groups is 1. The van der Waals surface area contributed by atoms with Crippen LogP contribution in [0.4, 0.5) is 0 Å². The number of nitrogens with zero attached hydrogens (tertiary/aromatic N) is 1. The molecule has 0 aromatic heterocycles. The molecule has 0 spiro atoms. The highest BCUT2D eigenvalue weighted by Gasteiger charge is 2.31. The number of rotatable bonds is 2. The fraction of sp³-hybridized carbons (Fsp3) is 0.750. The third-order valence-electron chi connectivity index (χ3n) is 2.11. The minimum atomic E-state index is -0.0884. The first-order valence-electron chi connectivity index (χ1n) is 4.60. The molecule has 5 heteroatoms. The maximum atomic E-state index is 11.3. The molecule has 1 fully saturated rings. The van der Waals surface area contributed by atoms with E-state index in [1.54, 1.807) is 0 Å². The summed E-state index contributed by atoms with van der Waals surface area (Å²) in [5.74, 6) is 0.212. The van der Waals surface area contributed by atoms with Crippen LogP contribution in [0, 0.1) is 5.92 Å². The van der Waals surface area contributed by atoms with Crippen molar-refractivity contribution in [1.29, 1.82) is 0 Å². The van der Waals surface area contributed by atoms with E-state index in [1.807, 2.05) is 6.92 Å². The summed E-state index contributed by atoms with van der Waals surface area (Å²) in [6.07, 6.45) is 2.72. The van der Waals surface area contributed by atoms with Crippen molar-refractivity contribution in [2.24, 2.45) is 11.0 Å². The van der Waals surface area contributed by atoms with Crippen LogP contribution in [-0.2, 0) is 9.53 Å². The van der Waals surface area contributed by atoms with Crippen LogP contribution in [-0.4, -0.2) is 18.2 Å². The molecule has 5 nitrogen and oxygen atoms in total. The molecule has 72 valence electrons. The molecule has 2 aliphatic rings. The Balaban J connectivity index is 1.79. The van der Waals surface area contributed by atoms with Crippen LogP contribution in [0.25, 0.3) is 0 Å². The third kappa shape index (κ3) is 1.91. The van der Waals surface area contributed by atoms with Crippen LogP contribution < -0.4 is 10.7 Å². The maximum absolute atomic E-state index is 11.3. The molecule has 0 aromatic carbocycles. The Hall–Kier alpha value is -1.26. The van der Waals surface area contributed by atoms with Gasteiger partial charge in [0.25, 0.3) is 0 Å². The summed E-state index contributed by atoms with van der Waals surface area (Å²) in [6.45, 7) is 1.98. The Kier molecular flexibility index (Phi) is 2.08. The molecule has 0 aromatic rings. The molecule has 1 aliphatic heterocycles. The van der Waals surface area contributed by atoms with E-state index in [1.165, 1.54) is 0 Å². The lowest BCUT2D eigenvalue weighted by molar-refractivity contribution is -0.121. The standard InChI is InChI=1S/C8H13N3O2/c1-2-6-10-11-8(13-6)9-7(12)5-3-4-5/h5-6,10H,2-4H2,1H3,(H,9,11,12). The molecule has 1 amide bonds. The van der Waals surface area contributed by atoms with Crippen molar-refractivity contribution in [3.63, 3.8) is 0 Å². The second-order valence-corrected chi connectivity index (χ2v) is 3.32. The number of ether oxygens (including phenoxy) is 1. The molecular weight excluding hydrogens is 170 g/mol. The van der Waals surface area contributed by atoms with E-state index in [2.05, 4.69) is 15.8 Å². The third-order valence-corrected chi connectivity index (χ3v) is 2.11. The first-order valence-corrected chi connectivity index (χ1v) is 4.60. The van der Waals surface area contributed by atoms with E-state index in [9.17, 15) is 4.79 Å². The zero-order chi connectivity index (χ0) is 9.26. The van der Waals surface area contributed by atoms with Crippen molar-refractivity contribution in [2.75, 3.05) is 0 Å². The monoisotopic (exact) mass is 183 g/mol. The van der Waals surface area contributed by atoms with Crippen LogP contribution in [0.3, 0.4) is 0 Å². The largest absolute Gasteiger partial charge is 0.438 e. The van der Waals surface area contributed by atoms with Crippen LogP contribution in [0.5, 0.6) is 0 Å². The lowest BCUT2D eigenvalue weighted by atomic mass is 10.4. The molecule has 2 rings (SSSR count). The predicted octanol–water partition coefficient (Wildman–Crippen LogP) is 0.139. The van der Waals surface area contributed by atoms with Gasteiger partial charge < -0.3 is 4.74 Å². The van der Waals surface area contributed by atoms with Crippen LogP contribution in [0.2, 0.25) is 0 Å². The molecule has 1 unspecified atom stereocenters. The summed E-state index contributed by atoms with van der Waals surface area (Å²) in [4.78, 5) is 11.3. The molecule has 1 heterocycles. The normalized spacial score (nSPS) is 25.9. The van der Waals surface area contributed by atoms with Crippen LogP contribution in [0.15, 0.2) is 5.10 Å². The van der Waals surface area contributed by atoms with Crippen molar-refractivity contribution in [1.82, 2.24) is 10.7 Å². The fourth-order valence-electron chi connectivity index (χ4n) is 1.10. The van der Waals surface area contributed by atoms with E-state index < -0.39 is 0 Å². The summed E-state index contributed by atoms with van der Waals surface area (Å²) in [6, 6.07) is 0.309. The number of amidine groups is 1. The fourth-order valence-corrected chi connectivity index (χ4v) is 1.10. The number of amides is 1. The van der Waals surface area contributed by atoms with Crippen LogP contribution in [0.1, 0.15) is 26.2 Å². The summed E-state index contributed by atoms with van der Waals surface area (Å²) >= 11 is 0. The lowest BCUT2D eigenvalue weighted by Crippen LogP contribution is -2.33. The van der Waals surface area contributed by atoms with Gasteiger partial charge in [-0.15, -0.1) is 5.10 Å². The van der Waals surface area contributed by atoms with Gasteiger partial charge in [0, 0.05) is 12.3 Å². The SMILES string of the molecule is CCC1NN=C(NC(=O)C2CC2)O1. The highest BCUT2D eigenvalue weighted by atomic mass is 16.5. The molecule has 13 heavy (non-hydrogen) atoms. The molecule has 1 aliphatic carbocycles. The first-order chi connectivity index (χ1) is 6.29. The predicted molar refractivity (Wildman–Crippen MR) is 46.6 cm³/mol. The Labute approximate surface area is 76.5 Å². The van der Waals surface area contributed by atoms with Gasteiger partial charge in [-0.2, -0.15) is 0 Å². The molecule has 0 saturated heterocycles. The van der Waals surface area contributed by atoms with Gasteiger partial charge in [0.05, 0.1) is 0 Å². The molecular formula is C8H13N3O2. The molecule has 1 atom stereocenters. The second-order valence-electron chi connectivity index (χ2n) is 3.32. The summed E-state index contributed by atoms with van der Waals surface area (Å²) in [5, 5.41) is 6.48. The van der Waals surface area contributed by atoms with Crippen LogP contribution >= 0.6 is 0 Å². The van der Waals surface area contributed by atoms with Gasteiger partial charge in [0.2, 0.25) is 5.91 Å². The lowest BCUT2D eigenvalue weighted by Gasteiger charge is -2.07. The summed E-state index contributed by atoms with van der Waals surface area (Å²) < 4.78 is 5.27. The van der Waals surface area contributed by atoms with E-state index in [4.69, 9.17) is 4.74 Å². The number of nitrogens with one attached hydrogen (secondary N) is 2. The van der Waals surface area contributed by atoms with Gasteiger partial charge in [-0.25, -0.2) is 0 Å². The Bertz CT molecular complexity index is 248. The minimum Gasteiger partial charge on any atom is -0.438 e. The molecule has 1 saturated carbocycles. The van der Waals surface area contributed by atoms with Gasteiger partial charge in [0.15, 0.2) is 6.23 Å². The Morgan fingerprint density at radius 1 is 1.77 bits per heavy atom. The maximum Gasteiger partial charge on any atom is 0.315 e. The smallest absolute Gasteiger partial charge is 0.315 e. The second kappa shape index (κ2) is 3.24. The van der Waals surface area contributed by atoms with E-state index in [0.717, 1.165) is 19.3 Å². The van der Waals surface area contributed by atoms with Gasteiger partial charge in [-0.3, -0.25) is 15.5 Å². The van der Waals surface area contributed by atoms with E-state index in [0.29, 0.717) is 6.02 Å². The zero-order valence-corrected chi connectivity index (χ0v) is 7.54. The molecule has 0 radical (unpaired) electrons. The van der Waals surface area contributed by atoms with Gasteiger partial charge >= 0.3 is 6.02 Å². The summed E-state index contributed by atoms with van der Waals surface area (Å²) in [7, 11) is 0. The molecule has 0 bridgehead atoms. The van der Waals surface area contributed by atoms with Gasteiger partial charge in [-0.05, 0) is 12.8 Å². The number of hydrogen-bond donors (Lipinski definition) is 2. The number of carbonyl (C=O) groups excluding carboxylic acids is 1. The Morgan fingerprint density at radius 2 is 2.54 bits per heavy atom. The zero-order valence-electron chi connectivity index (χ0n) is 7.54. The van der Waals surface area contributed by atoms with Crippen molar-refractivity contribution in [3.8, 4) is 0 Å². The van der Waals surface area contributed by atoms with Gasteiger partial charge in [-0.1, -0.05) is 6.92 Å². The highest BCUT2D eigenvalue weighted by Crippen LogP contribution is 2.28. The molecule has 2 N–H and O–H groups in total. The number of carbonyl (C=O) groups is 1. The van der Waals surface area contributed by atoms with Crippen molar-refractivity contribution < 1.29 is 9.53 Å². The average molecular weight is 183 g/mol. The van der Waals surface area contributed by atoms with E-state index in [-0.39, 0.29) is 18.1 Å². The average Bonchev–Trinajstić information content (AvgIpc) is 2.88. The minimum absolute atomic E-state index is 0.0253. The topological polar surface area (TPSA) is 62.7 Å². The first kappa shape index (κ1) is 8.34. The Morgan fingerprint density at radius 3 is 3.08 bits per heavy atom. The number of hydrogen-bond acceptors (Lipinski definition) is 4. The highest BCUT2D eigenvalue weighted by molar-refractivity contribution is 5.96. The van der Waals surface area contributed by atoms with Crippen molar-refractivity contribution in [2.45, 2.75) is 32.4 Å². The quantitative estimate of drug-likeness (QED) is 0.640.